The van der Waals surface area contributed by atoms with E-state index in [1.165, 1.54) is 31.4 Å². The molecule has 11 heteroatoms. The highest BCUT2D eigenvalue weighted by Crippen LogP contribution is 2.39. The van der Waals surface area contributed by atoms with Crippen molar-refractivity contribution in [3.05, 3.63) is 119 Å². The van der Waals surface area contributed by atoms with Gasteiger partial charge in [-0.05, 0) is 63.2 Å². The molecule has 4 aromatic carbocycles. The maximum absolute atomic E-state index is 12.4. The van der Waals surface area contributed by atoms with Gasteiger partial charge in [0, 0.05) is 11.1 Å². The number of hydrogen-bond donors (Lipinski definition) is 0. The minimum Gasteiger partial charge on any atom is -0.744 e. The van der Waals surface area contributed by atoms with Crippen LogP contribution >= 0.6 is 0 Å². The van der Waals surface area contributed by atoms with Crippen LogP contribution in [0.4, 0.5) is 26.3 Å². The third-order valence-electron chi connectivity index (χ3n) is 5.65. The fraction of sp³-hybridized carbons (Fsp3) is 0.172. The molecule has 0 saturated heterocycles. The number of alkyl halides is 6. The number of benzene rings is 4. The summed E-state index contributed by atoms with van der Waals surface area (Å²) in [6, 6.07) is 26.0. The Bertz CT molecular complexity index is 1500. The van der Waals surface area contributed by atoms with Crippen LogP contribution in [0.1, 0.15) is 27.8 Å². The summed E-state index contributed by atoms with van der Waals surface area (Å²) in [5, 5.41) is 0. The molecule has 0 aliphatic carbocycles. The molecule has 4 rings (SSSR count). The quantitative estimate of drug-likeness (QED) is 0.135. The molecule has 40 heavy (non-hydrogen) atoms. The number of aryl methyl sites for hydroxylation is 3. The van der Waals surface area contributed by atoms with E-state index in [0.717, 1.165) is 0 Å². The van der Waals surface area contributed by atoms with Crippen molar-refractivity contribution in [2.24, 2.45) is 0 Å². The topological polar surface area (TPSA) is 57.2 Å². The summed E-state index contributed by atoms with van der Waals surface area (Å²) in [5.41, 5.74) is 0.278. The van der Waals surface area contributed by atoms with E-state index in [9.17, 15) is 39.3 Å². The van der Waals surface area contributed by atoms with Gasteiger partial charge in [0.25, 0.3) is 0 Å². The van der Waals surface area contributed by atoms with E-state index >= 15 is 0 Å². The zero-order valence-corrected chi connectivity index (χ0v) is 23.1. The molecule has 0 fully saturated rings. The van der Waals surface area contributed by atoms with Crippen LogP contribution < -0.4 is 0 Å². The lowest BCUT2D eigenvalue weighted by Crippen LogP contribution is -2.15. The molecule has 0 aromatic heterocycles. The van der Waals surface area contributed by atoms with Crippen molar-refractivity contribution < 1.29 is 39.3 Å². The predicted octanol–water partition coefficient (Wildman–Crippen LogP) is 8.34. The van der Waals surface area contributed by atoms with E-state index in [2.05, 4.69) is 93.6 Å². The Morgan fingerprint density at radius 2 is 1.10 bits per heavy atom. The first-order valence-electron chi connectivity index (χ1n) is 11.7. The van der Waals surface area contributed by atoms with Gasteiger partial charge >= 0.3 is 12.4 Å². The Balaban J connectivity index is 0.000000226. The van der Waals surface area contributed by atoms with Gasteiger partial charge in [0.05, 0.1) is 26.9 Å². The van der Waals surface area contributed by atoms with Crippen LogP contribution in [0.25, 0.3) is 0 Å². The third-order valence-corrected chi connectivity index (χ3v) is 9.08. The fourth-order valence-corrected chi connectivity index (χ4v) is 7.16. The Hall–Kier alpha value is -3.28. The number of hydrogen-bond acceptors (Lipinski definition) is 3. The Labute approximate surface area is 231 Å². The predicted molar refractivity (Wildman–Crippen MR) is 140 cm³/mol. The third kappa shape index (κ3) is 7.67. The minimum absolute atomic E-state index is 0.00597. The van der Waals surface area contributed by atoms with Gasteiger partial charge in [-0.15, -0.1) is 0 Å². The van der Waals surface area contributed by atoms with E-state index < -0.39 is 44.6 Å². The summed E-state index contributed by atoms with van der Waals surface area (Å²) in [6.07, 6.45) is -10.5. The molecule has 0 bridgehead atoms. The smallest absolute Gasteiger partial charge is 0.417 e. The summed E-state index contributed by atoms with van der Waals surface area (Å²) in [6.45, 7) is 6.65. The molecule has 0 radical (unpaired) electrons. The first kappa shape index (κ1) is 31.3. The molecule has 0 atom stereocenters. The summed E-state index contributed by atoms with van der Waals surface area (Å²) in [5.74, 6) is 0. The lowest BCUT2D eigenvalue weighted by molar-refractivity contribution is -0.144. The van der Waals surface area contributed by atoms with Gasteiger partial charge < -0.3 is 4.55 Å². The van der Waals surface area contributed by atoms with E-state index in [-0.39, 0.29) is 23.0 Å². The van der Waals surface area contributed by atoms with Crippen molar-refractivity contribution in [3.8, 4) is 0 Å². The number of halogens is 6. The van der Waals surface area contributed by atoms with Gasteiger partial charge in [0.2, 0.25) is 0 Å². The second-order valence-electron chi connectivity index (χ2n) is 8.82. The average Bonchev–Trinajstić information content (AvgIpc) is 2.85. The van der Waals surface area contributed by atoms with Gasteiger partial charge in [0.1, 0.15) is 10.1 Å². The highest BCUT2D eigenvalue weighted by molar-refractivity contribution is 7.97. The molecule has 0 N–H and O–H groups in total. The molecule has 0 aliphatic heterocycles. The first-order chi connectivity index (χ1) is 18.5. The molecule has 0 amide bonds. The Morgan fingerprint density at radius 3 is 1.48 bits per heavy atom. The van der Waals surface area contributed by atoms with E-state index in [0.29, 0.717) is 0 Å². The standard InChI is InChI=1S/C21H21S.C8H4F6O3S/c1-16-14-17(2)21(18(3)15-16)22(19-10-6-4-7-11-19)20-12-8-5-9-13-20;9-7(10,11)4-1-2-6(18(15,16)17)5(3-4)8(12,13)14/h4-15H,1-3H3;1-3H,(H,15,16,17)/q+1;/p-1. The monoisotopic (exact) mass is 598 g/mol. The maximum atomic E-state index is 12.4. The van der Waals surface area contributed by atoms with Gasteiger partial charge in [-0.3, -0.25) is 0 Å². The molecule has 0 heterocycles. The molecule has 0 saturated carbocycles. The maximum Gasteiger partial charge on any atom is 0.417 e. The van der Waals surface area contributed by atoms with Crippen molar-refractivity contribution in [1.29, 1.82) is 0 Å². The Morgan fingerprint density at radius 1 is 0.650 bits per heavy atom. The molecule has 3 nitrogen and oxygen atoms in total. The lowest BCUT2D eigenvalue weighted by Gasteiger charge is -2.17. The average molecular weight is 599 g/mol. The van der Waals surface area contributed by atoms with Crippen LogP contribution in [-0.2, 0) is 33.4 Å². The normalized spacial score (nSPS) is 12.2. The van der Waals surface area contributed by atoms with Crippen LogP contribution in [0.5, 0.6) is 0 Å². The largest absolute Gasteiger partial charge is 0.744 e. The van der Waals surface area contributed by atoms with Gasteiger partial charge in [0.15, 0.2) is 14.7 Å². The highest BCUT2D eigenvalue weighted by Gasteiger charge is 2.39. The molecular weight excluding hydrogens is 574 g/mol. The second kappa shape index (κ2) is 12.1. The van der Waals surface area contributed by atoms with Crippen LogP contribution in [0.2, 0.25) is 0 Å². The SMILES string of the molecule is Cc1cc(C)c([S+](c2ccccc2)c2ccccc2)c(C)c1.O=S(=O)([O-])c1ccc(C(F)(F)F)cc1C(F)(F)F. The summed E-state index contributed by atoms with van der Waals surface area (Å²) in [7, 11) is -5.56. The van der Waals surface area contributed by atoms with E-state index in [1.54, 1.807) is 0 Å². The van der Waals surface area contributed by atoms with Gasteiger partial charge in [-0.2, -0.15) is 26.3 Å². The van der Waals surface area contributed by atoms with E-state index in [1.807, 2.05) is 0 Å². The molecular formula is C29H24F6O3S2. The van der Waals surface area contributed by atoms with Gasteiger partial charge in [-0.1, -0.05) is 54.1 Å². The summed E-state index contributed by atoms with van der Waals surface area (Å²) >= 11 is 0. The summed E-state index contributed by atoms with van der Waals surface area (Å²) < 4.78 is 105. The zero-order chi connectivity index (χ0) is 29.9. The van der Waals surface area contributed by atoms with Crippen molar-refractivity contribution >= 4 is 21.0 Å². The first-order valence-corrected chi connectivity index (χ1v) is 14.3. The molecule has 0 unspecified atom stereocenters. The second-order valence-corrected chi connectivity index (χ2v) is 12.1. The van der Waals surface area contributed by atoms with Crippen molar-refractivity contribution in [1.82, 2.24) is 0 Å². The van der Waals surface area contributed by atoms with Crippen LogP contribution in [0.3, 0.4) is 0 Å². The molecule has 212 valence electrons. The fourth-order valence-electron chi connectivity index (χ4n) is 4.12. The molecule has 4 aromatic rings. The number of rotatable bonds is 4. The van der Waals surface area contributed by atoms with Crippen LogP contribution in [0, 0.1) is 20.8 Å². The van der Waals surface area contributed by atoms with Crippen molar-refractivity contribution in [2.75, 3.05) is 0 Å². The highest BCUT2D eigenvalue weighted by atomic mass is 32.2. The molecule has 0 spiro atoms. The molecule has 0 aliphatic rings. The van der Waals surface area contributed by atoms with E-state index in [4.69, 9.17) is 0 Å². The van der Waals surface area contributed by atoms with Gasteiger partial charge in [-0.25, -0.2) is 8.42 Å². The van der Waals surface area contributed by atoms with Crippen molar-refractivity contribution in [2.45, 2.75) is 52.7 Å². The summed E-state index contributed by atoms with van der Waals surface area (Å²) in [4.78, 5) is 2.48. The Kier molecular flexibility index (Phi) is 9.43. The minimum atomic E-state index is -5.52. The van der Waals surface area contributed by atoms with Crippen molar-refractivity contribution in [3.63, 3.8) is 0 Å². The van der Waals surface area contributed by atoms with Crippen LogP contribution in [0.15, 0.2) is 111 Å². The lowest BCUT2D eigenvalue weighted by atomic mass is 10.1. The zero-order valence-electron chi connectivity index (χ0n) is 21.5. The van der Waals surface area contributed by atoms with Crippen LogP contribution in [-0.4, -0.2) is 13.0 Å².